The van der Waals surface area contributed by atoms with Crippen molar-refractivity contribution >= 4 is 5.82 Å². The fourth-order valence-corrected chi connectivity index (χ4v) is 1.50. The minimum Gasteiger partial charge on any atom is -0.308 e. The molecule has 0 saturated heterocycles. The van der Waals surface area contributed by atoms with Gasteiger partial charge < -0.3 is 5.43 Å². The highest BCUT2D eigenvalue weighted by molar-refractivity contribution is 5.40. The molecule has 0 saturated carbocycles. The molecule has 0 aromatic carbocycles. The third-order valence-corrected chi connectivity index (χ3v) is 2.51. The minimum atomic E-state index is -4.49. The molecule has 0 unspecified atom stereocenters. The van der Waals surface area contributed by atoms with Gasteiger partial charge in [-0.25, -0.2) is 20.5 Å². The number of hydrogen-bond donors (Lipinski definition) is 2. The Morgan fingerprint density at radius 3 is 2.50 bits per heavy atom. The fourth-order valence-electron chi connectivity index (χ4n) is 1.50. The normalized spacial score (nSPS) is 11.9. The smallest absolute Gasteiger partial charge is 0.308 e. The first-order valence-corrected chi connectivity index (χ1v) is 5.80. The molecular formula is C11H13F3N6. The van der Waals surface area contributed by atoms with Gasteiger partial charge in [0.05, 0.1) is 0 Å². The molecule has 0 aliphatic carbocycles. The second-order valence-electron chi connectivity index (χ2n) is 4.41. The molecule has 3 N–H and O–H groups in total. The summed E-state index contributed by atoms with van der Waals surface area (Å²) in [5.41, 5.74) is 1.37. The van der Waals surface area contributed by atoms with E-state index < -0.39 is 11.9 Å². The first kappa shape index (κ1) is 14.3. The van der Waals surface area contributed by atoms with Crippen LogP contribution in [-0.4, -0.2) is 19.7 Å². The van der Waals surface area contributed by atoms with Gasteiger partial charge in [0, 0.05) is 18.2 Å². The van der Waals surface area contributed by atoms with Gasteiger partial charge in [0.1, 0.15) is 11.6 Å². The lowest BCUT2D eigenvalue weighted by Gasteiger charge is -2.09. The van der Waals surface area contributed by atoms with Crippen LogP contribution in [-0.2, 0) is 6.18 Å². The summed E-state index contributed by atoms with van der Waals surface area (Å²) in [4.78, 5) is 8.29. The van der Waals surface area contributed by atoms with Gasteiger partial charge in [0.2, 0.25) is 0 Å². The van der Waals surface area contributed by atoms with Crippen molar-refractivity contribution in [2.75, 3.05) is 5.43 Å². The van der Waals surface area contributed by atoms with Crippen LogP contribution in [0.25, 0.3) is 5.82 Å². The zero-order chi connectivity index (χ0) is 14.9. The maximum atomic E-state index is 12.5. The lowest BCUT2D eigenvalue weighted by Crippen LogP contribution is -2.13. The highest BCUT2D eigenvalue weighted by Crippen LogP contribution is 2.28. The number of nitrogen functional groups attached to an aromatic ring is 1. The van der Waals surface area contributed by atoms with E-state index in [0.717, 1.165) is 10.7 Å². The van der Waals surface area contributed by atoms with E-state index in [1.165, 1.54) is 12.3 Å². The number of nitrogens with two attached hydrogens (primary N) is 1. The summed E-state index contributed by atoms with van der Waals surface area (Å²) in [6.45, 7) is 3.73. The molecule has 0 bridgehead atoms. The molecular weight excluding hydrogens is 273 g/mol. The van der Waals surface area contributed by atoms with Crippen LogP contribution >= 0.6 is 0 Å². The predicted octanol–water partition coefficient (Wildman–Crippen LogP) is 2.09. The summed E-state index contributed by atoms with van der Waals surface area (Å²) in [6.07, 6.45) is -3.30. The molecule has 2 aromatic rings. The van der Waals surface area contributed by atoms with Gasteiger partial charge in [0.25, 0.3) is 0 Å². The molecule has 0 aliphatic rings. The second-order valence-corrected chi connectivity index (χ2v) is 4.41. The Bertz CT molecular complexity index is 604. The number of aromatic nitrogens is 4. The molecule has 9 heteroatoms. The monoisotopic (exact) mass is 286 g/mol. The van der Waals surface area contributed by atoms with Gasteiger partial charge in [-0.3, -0.25) is 0 Å². The third kappa shape index (κ3) is 2.87. The molecule has 2 heterocycles. The molecule has 6 nitrogen and oxygen atoms in total. The Hall–Kier alpha value is -2.16. The van der Waals surface area contributed by atoms with Crippen LogP contribution < -0.4 is 11.3 Å². The number of nitrogens with zero attached hydrogens (tertiary/aromatic N) is 4. The minimum absolute atomic E-state index is 0.000279. The first-order valence-electron chi connectivity index (χ1n) is 5.80. The predicted molar refractivity (Wildman–Crippen MR) is 66.1 cm³/mol. The lowest BCUT2D eigenvalue weighted by atomic mass is 10.2. The van der Waals surface area contributed by atoms with Crippen LogP contribution in [0.15, 0.2) is 18.3 Å². The SMILES string of the molecule is CC(C)c1nc(NN)cc(-n2ccc(C(F)(F)F)n2)n1. The van der Waals surface area contributed by atoms with Gasteiger partial charge >= 0.3 is 6.18 Å². The molecule has 0 radical (unpaired) electrons. The molecule has 2 aromatic heterocycles. The number of anilines is 1. The van der Waals surface area contributed by atoms with E-state index in [-0.39, 0.29) is 11.7 Å². The first-order chi connectivity index (χ1) is 9.31. The Morgan fingerprint density at radius 2 is 2.00 bits per heavy atom. The van der Waals surface area contributed by atoms with Crippen molar-refractivity contribution in [1.29, 1.82) is 0 Å². The number of alkyl halides is 3. The zero-order valence-electron chi connectivity index (χ0n) is 10.8. The van der Waals surface area contributed by atoms with E-state index in [1.807, 2.05) is 13.8 Å². The van der Waals surface area contributed by atoms with E-state index >= 15 is 0 Å². The van der Waals surface area contributed by atoms with E-state index in [1.54, 1.807) is 0 Å². The van der Waals surface area contributed by atoms with Crippen molar-refractivity contribution < 1.29 is 13.2 Å². The molecule has 20 heavy (non-hydrogen) atoms. The average molecular weight is 286 g/mol. The quantitative estimate of drug-likeness (QED) is 0.667. The number of hydrogen-bond acceptors (Lipinski definition) is 5. The van der Waals surface area contributed by atoms with E-state index in [2.05, 4.69) is 20.5 Å². The van der Waals surface area contributed by atoms with Crippen LogP contribution in [0.5, 0.6) is 0 Å². The summed E-state index contributed by atoms with van der Waals surface area (Å²) in [5, 5.41) is 3.46. The van der Waals surface area contributed by atoms with Crippen molar-refractivity contribution in [3.05, 3.63) is 29.8 Å². The summed E-state index contributed by atoms with van der Waals surface area (Å²) < 4.78 is 38.6. The van der Waals surface area contributed by atoms with Gasteiger partial charge in [-0.2, -0.15) is 18.3 Å². The van der Waals surface area contributed by atoms with Gasteiger partial charge in [-0.1, -0.05) is 13.8 Å². The van der Waals surface area contributed by atoms with E-state index in [0.29, 0.717) is 11.6 Å². The number of rotatable bonds is 3. The maximum absolute atomic E-state index is 12.5. The van der Waals surface area contributed by atoms with E-state index in [9.17, 15) is 13.2 Å². The van der Waals surface area contributed by atoms with Crippen LogP contribution in [0.2, 0.25) is 0 Å². The largest absolute Gasteiger partial charge is 0.435 e. The van der Waals surface area contributed by atoms with Crippen LogP contribution in [0, 0.1) is 0 Å². The number of nitrogens with one attached hydrogen (secondary N) is 1. The standard InChI is InChI=1S/C11H13F3N6/c1-6(2)10-16-8(18-15)5-9(17-10)20-4-3-7(19-20)11(12,13)14/h3-6H,15H2,1-2H3,(H,16,17,18). The fraction of sp³-hybridized carbons (Fsp3) is 0.364. The maximum Gasteiger partial charge on any atom is 0.435 e. The van der Waals surface area contributed by atoms with Crippen LogP contribution in [0.3, 0.4) is 0 Å². The Labute approximate surface area is 112 Å². The topological polar surface area (TPSA) is 81.6 Å². The van der Waals surface area contributed by atoms with E-state index in [4.69, 9.17) is 5.84 Å². The van der Waals surface area contributed by atoms with Gasteiger partial charge in [0.15, 0.2) is 11.5 Å². The third-order valence-electron chi connectivity index (χ3n) is 2.51. The summed E-state index contributed by atoms with van der Waals surface area (Å²) in [6, 6.07) is 2.30. The van der Waals surface area contributed by atoms with Gasteiger partial charge in [-0.15, -0.1) is 0 Å². The zero-order valence-corrected chi connectivity index (χ0v) is 10.8. The molecule has 0 aliphatic heterocycles. The van der Waals surface area contributed by atoms with Crippen molar-refractivity contribution in [3.8, 4) is 5.82 Å². The van der Waals surface area contributed by atoms with Crippen molar-refractivity contribution in [1.82, 2.24) is 19.7 Å². The number of hydrazine groups is 1. The molecule has 0 fully saturated rings. The molecule has 0 atom stereocenters. The molecule has 0 amide bonds. The molecule has 108 valence electrons. The van der Waals surface area contributed by atoms with Crippen molar-refractivity contribution in [3.63, 3.8) is 0 Å². The molecule has 2 rings (SSSR count). The van der Waals surface area contributed by atoms with Crippen molar-refractivity contribution in [2.45, 2.75) is 25.9 Å². The summed E-state index contributed by atoms with van der Waals surface area (Å²) in [7, 11) is 0. The lowest BCUT2D eigenvalue weighted by molar-refractivity contribution is -0.141. The van der Waals surface area contributed by atoms with Crippen LogP contribution in [0.1, 0.15) is 31.3 Å². The molecule has 0 spiro atoms. The number of halogens is 3. The Kier molecular flexibility index (Phi) is 3.62. The van der Waals surface area contributed by atoms with Gasteiger partial charge in [-0.05, 0) is 6.07 Å². The Morgan fingerprint density at radius 1 is 1.30 bits per heavy atom. The summed E-state index contributed by atoms with van der Waals surface area (Å²) >= 11 is 0. The van der Waals surface area contributed by atoms with Crippen molar-refractivity contribution in [2.24, 2.45) is 5.84 Å². The average Bonchev–Trinajstić information content (AvgIpc) is 2.87. The second kappa shape index (κ2) is 5.08. The Balaban J connectivity index is 2.46. The highest BCUT2D eigenvalue weighted by Gasteiger charge is 2.33. The highest BCUT2D eigenvalue weighted by atomic mass is 19.4. The van der Waals surface area contributed by atoms with Crippen LogP contribution in [0.4, 0.5) is 19.0 Å². The summed E-state index contributed by atoms with van der Waals surface area (Å²) in [5.74, 6) is 6.27.